The van der Waals surface area contributed by atoms with Gasteiger partial charge in [0, 0.05) is 5.56 Å². The first-order chi connectivity index (χ1) is 9.54. The smallest absolute Gasteiger partial charge is 0.236 e. The second-order valence-corrected chi connectivity index (χ2v) is 3.90. The highest BCUT2D eigenvalue weighted by atomic mass is 19.4. The van der Waals surface area contributed by atoms with Crippen LogP contribution in [0.4, 0.5) is 30.7 Å². The number of nitriles is 1. The van der Waals surface area contributed by atoms with Crippen LogP contribution in [0, 0.1) is 17.1 Å². The fourth-order valence-electron chi connectivity index (χ4n) is 1.70. The summed E-state index contributed by atoms with van der Waals surface area (Å²) in [4.78, 5) is 2.39. The Morgan fingerprint density at radius 3 is 1.95 bits per heavy atom. The van der Waals surface area contributed by atoms with Crippen molar-refractivity contribution in [3.63, 3.8) is 0 Å². The van der Waals surface area contributed by atoms with Gasteiger partial charge in [-0.1, -0.05) is 6.08 Å². The van der Waals surface area contributed by atoms with Gasteiger partial charge < -0.3 is 0 Å². The first-order valence-electron chi connectivity index (χ1n) is 5.37. The third kappa shape index (κ3) is 3.51. The maximum atomic E-state index is 13.8. The lowest BCUT2D eigenvalue weighted by Gasteiger charge is -2.18. The van der Waals surface area contributed by atoms with Crippen LogP contribution in [0.3, 0.4) is 0 Å². The van der Waals surface area contributed by atoms with Gasteiger partial charge in [0.2, 0.25) is 0 Å². The molecule has 0 radical (unpaired) electrons. The standard InChI is InChI=1S/C12H7F7N2/c1-2-3-7-6(4-5-20)8(13)10(12(17,18)19)21-9(7)11(14,15)16/h2H,1,3-4H2. The first-order valence-corrected chi connectivity index (χ1v) is 5.37. The number of pyridine rings is 1. The van der Waals surface area contributed by atoms with Crippen molar-refractivity contribution >= 4 is 0 Å². The van der Waals surface area contributed by atoms with E-state index in [0.29, 0.717) is 0 Å². The molecule has 0 saturated heterocycles. The molecule has 0 aliphatic rings. The molecule has 0 aliphatic carbocycles. The zero-order valence-electron chi connectivity index (χ0n) is 10.2. The van der Waals surface area contributed by atoms with E-state index >= 15 is 0 Å². The number of hydrogen-bond donors (Lipinski definition) is 0. The molecule has 1 aromatic heterocycles. The molecule has 0 N–H and O–H groups in total. The SMILES string of the molecule is C=CCc1c(C(F)(F)F)nc(C(F)(F)F)c(F)c1CC#N. The second kappa shape index (κ2) is 5.71. The summed E-state index contributed by atoms with van der Waals surface area (Å²) < 4.78 is 90.0. The molecule has 21 heavy (non-hydrogen) atoms. The molecule has 0 aliphatic heterocycles. The summed E-state index contributed by atoms with van der Waals surface area (Å²) >= 11 is 0. The van der Waals surface area contributed by atoms with Gasteiger partial charge in [-0.25, -0.2) is 9.37 Å². The van der Waals surface area contributed by atoms with Crippen LogP contribution in [-0.2, 0) is 25.2 Å². The Bertz CT molecular complexity index is 594. The summed E-state index contributed by atoms with van der Waals surface area (Å²) in [6.45, 7) is 3.16. The average molecular weight is 312 g/mol. The highest BCUT2D eigenvalue weighted by Crippen LogP contribution is 2.38. The van der Waals surface area contributed by atoms with Crippen LogP contribution in [0.25, 0.3) is 0 Å². The lowest BCUT2D eigenvalue weighted by atomic mass is 9.98. The van der Waals surface area contributed by atoms with Crippen LogP contribution in [0.5, 0.6) is 0 Å². The molecular formula is C12H7F7N2. The van der Waals surface area contributed by atoms with Gasteiger partial charge in [0.05, 0.1) is 12.5 Å². The number of allylic oxidation sites excluding steroid dienone is 1. The molecule has 1 heterocycles. The van der Waals surface area contributed by atoms with Crippen LogP contribution >= 0.6 is 0 Å². The highest BCUT2D eigenvalue weighted by molar-refractivity contribution is 5.39. The van der Waals surface area contributed by atoms with Gasteiger partial charge in [0.25, 0.3) is 0 Å². The summed E-state index contributed by atoms with van der Waals surface area (Å²) in [5.41, 5.74) is -5.93. The van der Waals surface area contributed by atoms with Crippen molar-refractivity contribution in [2.24, 2.45) is 0 Å². The number of rotatable bonds is 3. The molecule has 0 aromatic carbocycles. The van der Waals surface area contributed by atoms with E-state index in [1.165, 1.54) is 6.07 Å². The third-order valence-corrected chi connectivity index (χ3v) is 2.49. The van der Waals surface area contributed by atoms with Gasteiger partial charge >= 0.3 is 12.4 Å². The molecule has 0 saturated carbocycles. The van der Waals surface area contributed by atoms with E-state index in [4.69, 9.17) is 5.26 Å². The summed E-state index contributed by atoms with van der Waals surface area (Å²) in [5.74, 6) is -1.96. The molecule has 0 atom stereocenters. The van der Waals surface area contributed by atoms with Gasteiger partial charge in [-0.2, -0.15) is 31.6 Å². The minimum Gasteiger partial charge on any atom is -0.236 e. The van der Waals surface area contributed by atoms with Crippen molar-refractivity contribution in [3.05, 3.63) is 41.0 Å². The topological polar surface area (TPSA) is 36.7 Å². The van der Waals surface area contributed by atoms with E-state index < -0.39 is 53.5 Å². The van der Waals surface area contributed by atoms with Gasteiger partial charge in [-0.15, -0.1) is 6.58 Å². The monoisotopic (exact) mass is 312 g/mol. The zero-order chi connectivity index (χ0) is 16.4. The molecule has 2 nitrogen and oxygen atoms in total. The molecule has 0 spiro atoms. The van der Waals surface area contributed by atoms with Gasteiger partial charge in [-0.3, -0.25) is 0 Å². The van der Waals surface area contributed by atoms with Crippen LogP contribution < -0.4 is 0 Å². The Kier molecular flexibility index (Phi) is 4.61. The maximum Gasteiger partial charge on any atom is 0.436 e. The fraction of sp³-hybridized carbons (Fsp3) is 0.333. The maximum absolute atomic E-state index is 13.8. The average Bonchev–Trinajstić information content (AvgIpc) is 2.30. The van der Waals surface area contributed by atoms with Crippen LogP contribution in [-0.4, -0.2) is 4.98 Å². The summed E-state index contributed by atoms with van der Waals surface area (Å²) in [5, 5.41) is 8.50. The summed E-state index contributed by atoms with van der Waals surface area (Å²) in [6, 6.07) is 1.34. The predicted molar refractivity (Wildman–Crippen MR) is 57.4 cm³/mol. The highest BCUT2D eigenvalue weighted by Gasteiger charge is 2.44. The molecule has 1 aromatic rings. The second-order valence-electron chi connectivity index (χ2n) is 3.90. The van der Waals surface area contributed by atoms with Crippen molar-refractivity contribution < 1.29 is 30.7 Å². The number of halogens is 7. The van der Waals surface area contributed by atoms with Crippen LogP contribution in [0.1, 0.15) is 22.5 Å². The molecule has 0 amide bonds. The molecule has 9 heteroatoms. The van der Waals surface area contributed by atoms with E-state index in [-0.39, 0.29) is 0 Å². The van der Waals surface area contributed by atoms with Crippen molar-refractivity contribution in [2.45, 2.75) is 25.2 Å². The molecule has 114 valence electrons. The van der Waals surface area contributed by atoms with Gasteiger partial charge in [-0.05, 0) is 12.0 Å². The Morgan fingerprint density at radius 1 is 1.05 bits per heavy atom. The number of alkyl halides is 6. The summed E-state index contributed by atoms with van der Waals surface area (Å²) in [6.07, 6.45) is -11.2. The van der Waals surface area contributed by atoms with Crippen molar-refractivity contribution in [1.82, 2.24) is 4.98 Å². The van der Waals surface area contributed by atoms with Crippen LogP contribution in [0.15, 0.2) is 12.7 Å². The normalized spacial score (nSPS) is 12.1. The van der Waals surface area contributed by atoms with Crippen LogP contribution in [0.2, 0.25) is 0 Å². The zero-order valence-corrected chi connectivity index (χ0v) is 10.2. The summed E-state index contributed by atoms with van der Waals surface area (Å²) in [7, 11) is 0. The van der Waals surface area contributed by atoms with E-state index in [2.05, 4.69) is 11.6 Å². The lowest BCUT2D eigenvalue weighted by molar-refractivity contribution is -0.152. The largest absolute Gasteiger partial charge is 0.436 e. The molecule has 0 bridgehead atoms. The first kappa shape index (κ1) is 16.9. The van der Waals surface area contributed by atoms with Crippen molar-refractivity contribution in [3.8, 4) is 6.07 Å². The molecule has 1 rings (SSSR count). The van der Waals surface area contributed by atoms with E-state index in [0.717, 1.165) is 6.08 Å². The minimum atomic E-state index is -5.40. The Labute approximate surface area is 114 Å². The quantitative estimate of drug-likeness (QED) is 0.623. The number of nitrogens with zero attached hydrogens (tertiary/aromatic N) is 2. The number of aromatic nitrogens is 1. The molecule has 0 unspecified atom stereocenters. The molecule has 0 fully saturated rings. The van der Waals surface area contributed by atoms with Crippen molar-refractivity contribution in [2.75, 3.05) is 0 Å². The fourth-order valence-corrected chi connectivity index (χ4v) is 1.70. The minimum absolute atomic E-state index is 0.562. The lowest BCUT2D eigenvalue weighted by Crippen LogP contribution is -2.22. The van der Waals surface area contributed by atoms with Gasteiger partial charge in [0.1, 0.15) is 5.69 Å². The Balaban J connectivity index is 3.82. The predicted octanol–water partition coefficient (Wildman–Crippen LogP) is 4.05. The van der Waals surface area contributed by atoms with Gasteiger partial charge in [0.15, 0.2) is 11.5 Å². The third-order valence-electron chi connectivity index (χ3n) is 2.49. The van der Waals surface area contributed by atoms with E-state index in [1.54, 1.807) is 0 Å². The number of hydrogen-bond acceptors (Lipinski definition) is 2. The van der Waals surface area contributed by atoms with Crippen molar-refractivity contribution in [1.29, 1.82) is 5.26 Å². The van der Waals surface area contributed by atoms with E-state index in [9.17, 15) is 30.7 Å². The van der Waals surface area contributed by atoms with E-state index in [1.807, 2.05) is 0 Å². The molecular weight excluding hydrogens is 305 g/mol. The Hall–Kier alpha value is -2.11. The Morgan fingerprint density at radius 2 is 1.57 bits per heavy atom.